The molecule has 0 aliphatic rings. The number of para-hydroxylation sites is 1. The van der Waals surface area contributed by atoms with E-state index in [1.807, 2.05) is 0 Å². The van der Waals surface area contributed by atoms with Crippen molar-refractivity contribution < 1.29 is 4.42 Å². The minimum absolute atomic E-state index is 0.647. The average molecular weight is 746 g/mol. The van der Waals surface area contributed by atoms with Crippen molar-refractivity contribution in [1.29, 1.82) is 0 Å². The van der Waals surface area contributed by atoms with E-state index >= 15 is 0 Å². The van der Waals surface area contributed by atoms with Gasteiger partial charge in [0, 0.05) is 33.0 Å². The number of aromatic nitrogens is 3. The molecule has 0 saturated heterocycles. The van der Waals surface area contributed by atoms with E-state index in [2.05, 4.69) is 194 Å². The van der Waals surface area contributed by atoms with Crippen molar-refractivity contribution in [2.24, 2.45) is 0 Å². The fourth-order valence-electron chi connectivity index (χ4n) is 8.89. The maximum absolute atomic E-state index is 6.67. The highest BCUT2D eigenvalue weighted by Crippen LogP contribution is 2.38. The van der Waals surface area contributed by atoms with E-state index in [0.29, 0.717) is 17.5 Å². The van der Waals surface area contributed by atoms with Gasteiger partial charge in [0.2, 0.25) is 0 Å². The second kappa shape index (κ2) is 15.0. The van der Waals surface area contributed by atoms with Crippen LogP contribution >= 0.6 is 0 Å². The van der Waals surface area contributed by atoms with Crippen LogP contribution in [0.5, 0.6) is 0 Å². The molecule has 2 heterocycles. The summed E-state index contributed by atoms with van der Waals surface area (Å²) < 4.78 is 6.67. The maximum atomic E-state index is 6.67. The van der Waals surface area contributed by atoms with E-state index in [1.54, 1.807) is 0 Å². The number of hydrogen-bond donors (Lipinski definition) is 0. The van der Waals surface area contributed by atoms with Crippen LogP contribution in [0, 0.1) is 0 Å². The van der Waals surface area contributed by atoms with Crippen LogP contribution in [0.2, 0.25) is 0 Å². The van der Waals surface area contributed by atoms with Gasteiger partial charge in [-0.25, -0.2) is 15.0 Å². The lowest BCUT2D eigenvalue weighted by Gasteiger charge is -2.22. The fraction of sp³-hybridized carbons (Fsp3) is 0. The zero-order chi connectivity index (χ0) is 41.3. The normalized spacial score (nSPS) is 11.4. The van der Waals surface area contributed by atoms with E-state index in [1.165, 1.54) is 76.9 Å². The number of hydrogen-bond acceptors (Lipinski definition) is 4. The highest BCUT2D eigenvalue weighted by Gasteiger charge is 2.22. The molecule has 4 nitrogen and oxygen atoms in total. The topological polar surface area (TPSA) is 51.8 Å². The molecule has 0 atom stereocenters. The van der Waals surface area contributed by atoms with Gasteiger partial charge in [-0.05, 0) is 46.0 Å². The standard InChI is InChI=1S/C45H39B10N3O/c46-32-30(33(47)37(51)40(54)36(32)50)44-56-43(57-45(58-44)31-34(48)38(52)41(55)39(53)35(31)49)25-17-18-29-28(19-25)27-8-4-7-26(42(27)59-29)24-15-13-23(14-16-24)22-11-9-21(10-12-22)20-5-2-1-3-6-20/h1-19H,46-55H2. The number of fused-ring (bicyclic) bond motifs is 3. The molecule has 270 valence electrons. The smallest absolute Gasteiger partial charge is 0.164 e. The Hall–Kier alpha value is -6.00. The molecule has 9 rings (SSSR count). The van der Waals surface area contributed by atoms with Crippen molar-refractivity contribution in [2.45, 2.75) is 0 Å². The summed E-state index contributed by atoms with van der Waals surface area (Å²) in [5.41, 5.74) is 24.3. The monoisotopic (exact) mass is 747 g/mol. The van der Waals surface area contributed by atoms with E-state index in [0.717, 1.165) is 49.8 Å². The summed E-state index contributed by atoms with van der Waals surface area (Å²) in [5, 5.41) is 2.09. The molecule has 0 fully saturated rings. The molecule has 0 amide bonds. The molecule has 59 heavy (non-hydrogen) atoms. The molecule has 0 aliphatic heterocycles. The average Bonchev–Trinajstić information content (AvgIpc) is 3.65. The number of furan rings is 1. The van der Waals surface area contributed by atoms with E-state index in [9.17, 15) is 0 Å². The van der Waals surface area contributed by atoms with Crippen molar-refractivity contribution in [2.75, 3.05) is 0 Å². The number of benzene rings is 7. The van der Waals surface area contributed by atoms with Crippen LogP contribution in [0.1, 0.15) is 0 Å². The van der Waals surface area contributed by atoms with Crippen LogP contribution < -0.4 is 54.6 Å². The van der Waals surface area contributed by atoms with Gasteiger partial charge in [0.15, 0.2) is 17.5 Å². The third-order valence-electron chi connectivity index (χ3n) is 13.4. The molecule has 2 aromatic heterocycles. The zero-order valence-corrected chi connectivity index (χ0v) is 35.7. The van der Waals surface area contributed by atoms with Gasteiger partial charge in [0.1, 0.15) is 89.6 Å². The Labute approximate surface area is 355 Å². The quantitative estimate of drug-likeness (QED) is 0.160. The Bertz CT molecular complexity index is 3010. The van der Waals surface area contributed by atoms with Crippen LogP contribution in [-0.2, 0) is 0 Å². The summed E-state index contributed by atoms with van der Waals surface area (Å²) in [4.78, 5) is 15.9. The lowest BCUT2D eigenvalue weighted by Crippen LogP contribution is -2.55. The summed E-state index contributed by atoms with van der Waals surface area (Å²) in [5.74, 6) is 2.06. The van der Waals surface area contributed by atoms with Crippen molar-refractivity contribution in [3.05, 3.63) is 115 Å². The van der Waals surface area contributed by atoms with E-state index in [-0.39, 0.29) is 0 Å². The largest absolute Gasteiger partial charge is 0.455 e. The minimum Gasteiger partial charge on any atom is -0.455 e. The van der Waals surface area contributed by atoms with Gasteiger partial charge in [-0.15, -0.1) is 32.8 Å². The highest BCUT2D eigenvalue weighted by molar-refractivity contribution is 6.69. The molecule has 0 saturated carbocycles. The van der Waals surface area contributed by atoms with Crippen LogP contribution in [0.25, 0.3) is 89.5 Å². The zero-order valence-electron chi connectivity index (χ0n) is 35.7. The van der Waals surface area contributed by atoms with Crippen LogP contribution in [-0.4, -0.2) is 93.4 Å². The van der Waals surface area contributed by atoms with Gasteiger partial charge in [-0.1, -0.05) is 119 Å². The van der Waals surface area contributed by atoms with E-state index in [4.69, 9.17) is 19.4 Å². The Morgan fingerprint density at radius 2 is 0.729 bits per heavy atom. The maximum Gasteiger partial charge on any atom is 0.164 e. The molecule has 0 bridgehead atoms. The summed E-state index contributed by atoms with van der Waals surface area (Å²) in [6, 6.07) is 40.8. The SMILES string of the molecule is Bc1c(B)c(B)c(-c2nc(-c3ccc4oc5c(-c6ccc(-c7ccc(-c8ccccc8)cc7)cc6)cccc5c4c3)nc(-c3c(B)c(B)c(B)c(B)c3B)n2)c(B)c1B. The third-order valence-corrected chi connectivity index (χ3v) is 13.4. The van der Waals surface area contributed by atoms with Crippen LogP contribution in [0.15, 0.2) is 120 Å². The lowest BCUT2D eigenvalue weighted by atomic mass is 9.60. The second-order valence-corrected chi connectivity index (χ2v) is 16.3. The van der Waals surface area contributed by atoms with Gasteiger partial charge < -0.3 is 4.42 Å². The molecule has 0 radical (unpaired) electrons. The number of rotatable bonds is 6. The van der Waals surface area contributed by atoms with Crippen molar-refractivity contribution in [3.8, 4) is 67.5 Å². The first-order valence-electron chi connectivity index (χ1n) is 20.5. The summed E-state index contributed by atoms with van der Waals surface area (Å²) in [6.45, 7) is 0. The minimum atomic E-state index is 0.647. The molecule has 0 spiro atoms. The van der Waals surface area contributed by atoms with Crippen LogP contribution in [0.4, 0.5) is 0 Å². The van der Waals surface area contributed by atoms with Gasteiger partial charge in [-0.2, -0.15) is 0 Å². The van der Waals surface area contributed by atoms with E-state index < -0.39 is 0 Å². The Morgan fingerprint density at radius 3 is 1.22 bits per heavy atom. The number of nitrogens with zero attached hydrogens (tertiary/aromatic N) is 3. The molecular formula is C45H39B10N3O. The van der Waals surface area contributed by atoms with Crippen molar-refractivity contribution in [3.63, 3.8) is 0 Å². The predicted molar refractivity (Wildman–Crippen MR) is 282 cm³/mol. The van der Waals surface area contributed by atoms with Crippen molar-refractivity contribution in [1.82, 2.24) is 15.0 Å². The highest BCUT2D eigenvalue weighted by atomic mass is 16.3. The van der Waals surface area contributed by atoms with Crippen molar-refractivity contribution >= 4 is 155 Å². The molecule has 14 heteroatoms. The van der Waals surface area contributed by atoms with Gasteiger partial charge in [0.25, 0.3) is 0 Å². The summed E-state index contributed by atoms with van der Waals surface area (Å²) in [6.07, 6.45) is 0. The molecule has 0 N–H and O–H groups in total. The van der Waals surface area contributed by atoms with Gasteiger partial charge in [-0.3, -0.25) is 0 Å². The third kappa shape index (κ3) is 6.54. The Kier molecular flexibility index (Phi) is 9.78. The first-order valence-corrected chi connectivity index (χ1v) is 20.5. The first kappa shape index (κ1) is 38.5. The molecular weight excluding hydrogens is 707 g/mol. The molecule has 9 aromatic rings. The van der Waals surface area contributed by atoms with Gasteiger partial charge >= 0.3 is 0 Å². The fourth-order valence-corrected chi connectivity index (χ4v) is 8.89. The Balaban J connectivity index is 1.15. The predicted octanol–water partition coefficient (Wildman–Crippen LogP) is -5.64. The summed E-state index contributed by atoms with van der Waals surface area (Å²) >= 11 is 0. The molecule has 0 unspecified atom stereocenters. The summed E-state index contributed by atoms with van der Waals surface area (Å²) in [7, 11) is 22.0. The first-order chi connectivity index (χ1) is 28.4. The van der Waals surface area contributed by atoms with Gasteiger partial charge in [0.05, 0.1) is 0 Å². The molecule has 0 aliphatic carbocycles. The van der Waals surface area contributed by atoms with Crippen LogP contribution in [0.3, 0.4) is 0 Å². The lowest BCUT2D eigenvalue weighted by molar-refractivity contribution is 0.670. The Morgan fingerprint density at radius 1 is 0.322 bits per heavy atom. The second-order valence-electron chi connectivity index (χ2n) is 16.3. The molecule has 7 aromatic carbocycles.